The van der Waals surface area contributed by atoms with Crippen molar-refractivity contribution in [2.75, 3.05) is 10.8 Å². The van der Waals surface area contributed by atoms with Crippen molar-refractivity contribution in [3.8, 4) is 0 Å². The normalized spacial score (nSPS) is 11.3. The third-order valence-corrected chi connectivity index (χ3v) is 6.67. The fourth-order valence-corrected chi connectivity index (χ4v) is 4.58. The lowest BCUT2D eigenvalue weighted by atomic mass is 10.1. The molecule has 2 N–H and O–H groups in total. The summed E-state index contributed by atoms with van der Waals surface area (Å²) in [7, 11) is -4.10. The molecular formula is C23H20ClN3O5S. The molecule has 1 amide bonds. The van der Waals surface area contributed by atoms with Crippen molar-refractivity contribution >= 4 is 45.4 Å². The number of anilines is 1. The van der Waals surface area contributed by atoms with E-state index in [2.05, 4.69) is 10.5 Å². The molecular weight excluding hydrogens is 466 g/mol. The Morgan fingerprint density at radius 1 is 1.03 bits per heavy atom. The molecule has 3 aromatic carbocycles. The number of nitrogens with one attached hydrogen (secondary N) is 1. The van der Waals surface area contributed by atoms with Crippen LogP contribution < -0.4 is 9.73 Å². The molecule has 0 saturated heterocycles. The van der Waals surface area contributed by atoms with Crippen LogP contribution in [-0.4, -0.2) is 38.2 Å². The van der Waals surface area contributed by atoms with E-state index < -0.39 is 28.4 Å². The highest BCUT2D eigenvalue weighted by Gasteiger charge is 2.28. The summed E-state index contributed by atoms with van der Waals surface area (Å²) in [5.74, 6) is -1.75. The number of hydrogen-bond acceptors (Lipinski definition) is 5. The summed E-state index contributed by atoms with van der Waals surface area (Å²) >= 11 is 6.23. The van der Waals surface area contributed by atoms with Crippen LogP contribution in [0.3, 0.4) is 0 Å². The molecule has 0 aliphatic carbocycles. The minimum atomic E-state index is -4.10. The molecule has 10 heteroatoms. The molecule has 0 heterocycles. The lowest BCUT2D eigenvalue weighted by Crippen LogP contribution is -2.39. The van der Waals surface area contributed by atoms with Gasteiger partial charge < -0.3 is 5.11 Å². The average Bonchev–Trinajstić information content (AvgIpc) is 2.78. The van der Waals surface area contributed by atoms with Gasteiger partial charge in [0.2, 0.25) is 0 Å². The van der Waals surface area contributed by atoms with Crippen molar-refractivity contribution in [1.29, 1.82) is 0 Å². The number of rotatable bonds is 8. The molecule has 0 bridgehead atoms. The lowest BCUT2D eigenvalue weighted by Gasteiger charge is -2.24. The summed E-state index contributed by atoms with van der Waals surface area (Å²) in [6.45, 7) is 1.28. The molecule has 0 aliphatic rings. The van der Waals surface area contributed by atoms with Crippen LogP contribution in [0.1, 0.15) is 21.5 Å². The maximum atomic E-state index is 13.3. The predicted molar refractivity (Wildman–Crippen MR) is 126 cm³/mol. The minimum absolute atomic E-state index is 0.0165. The van der Waals surface area contributed by atoms with E-state index in [1.165, 1.54) is 54.7 Å². The molecule has 0 fully saturated rings. The van der Waals surface area contributed by atoms with E-state index in [-0.39, 0.29) is 21.2 Å². The highest BCUT2D eigenvalue weighted by Crippen LogP contribution is 2.30. The topological polar surface area (TPSA) is 116 Å². The van der Waals surface area contributed by atoms with Crippen LogP contribution in [-0.2, 0) is 14.8 Å². The summed E-state index contributed by atoms with van der Waals surface area (Å²) in [6.07, 6.45) is 1.32. The standard InChI is InChI=1S/C23H20ClN3O5S/c1-16-6-12-19(13-7-16)33(31,32)27(21-5-3-2-4-20(21)24)15-22(28)26-25-14-17-8-10-18(11-9-17)23(29)30/h2-14H,15H2,1H3,(H,26,28)(H,29,30)/b25-14-. The zero-order chi connectivity index (χ0) is 24.0. The minimum Gasteiger partial charge on any atom is -0.478 e. The fourth-order valence-electron chi connectivity index (χ4n) is 2.85. The quantitative estimate of drug-likeness (QED) is 0.373. The van der Waals surface area contributed by atoms with Crippen molar-refractivity contribution in [2.24, 2.45) is 5.10 Å². The third kappa shape index (κ3) is 5.97. The Kier molecular flexibility index (Phi) is 7.47. The van der Waals surface area contributed by atoms with Gasteiger partial charge in [-0.25, -0.2) is 18.6 Å². The zero-order valence-corrected chi connectivity index (χ0v) is 19.0. The zero-order valence-electron chi connectivity index (χ0n) is 17.5. The number of carboxylic acid groups (broad SMARTS) is 1. The van der Waals surface area contributed by atoms with Crippen LogP contribution in [0, 0.1) is 6.92 Å². The van der Waals surface area contributed by atoms with Crippen LogP contribution in [0.4, 0.5) is 5.69 Å². The van der Waals surface area contributed by atoms with Gasteiger partial charge in [-0.15, -0.1) is 0 Å². The number of carboxylic acids is 1. The Bertz CT molecular complexity index is 1290. The number of benzene rings is 3. The Morgan fingerprint density at radius 2 is 1.67 bits per heavy atom. The molecule has 0 atom stereocenters. The first-order valence-electron chi connectivity index (χ1n) is 9.67. The molecule has 33 heavy (non-hydrogen) atoms. The predicted octanol–water partition coefficient (Wildman–Crippen LogP) is 3.69. The average molecular weight is 486 g/mol. The van der Waals surface area contributed by atoms with E-state index in [0.717, 1.165) is 9.87 Å². The molecule has 0 aliphatic heterocycles. The Hall–Kier alpha value is -3.69. The van der Waals surface area contributed by atoms with Crippen molar-refractivity contribution in [2.45, 2.75) is 11.8 Å². The van der Waals surface area contributed by atoms with Crippen molar-refractivity contribution in [1.82, 2.24) is 5.43 Å². The number of nitrogens with zero attached hydrogens (tertiary/aromatic N) is 2. The number of para-hydroxylation sites is 1. The number of carbonyl (C=O) groups excluding carboxylic acids is 1. The lowest BCUT2D eigenvalue weighted by molar-refractivity contribution is -0.119. The highest BCUT2D eigenvalue weighted by molar-refractivity contribution is 7.92. The van der Waals surface area contributed by atoms with Gasteiger partial charge in [0, 0.05) is 0 Å². The summed E-state index contributed by atoms with van der Waals surface area (Å²) in [5.41, 5.74) is 4.00. The van der Waals surface area contributed by atoms with Gasteiger partial charge in [-0.05, 0) is 48.9 Å². The molecule has 3 rings (SSSR count). The molecule has 0 spiro atoms. The highest BCUT2D eigenvalue weighted by atomic mass is 35.5. The van der Waals surface area contributed by atoms with Gasteiger partial charge in [0.15, 0.2) is 0 Å². The van der Waals surface area contributed by atoms with Crippen molar-refractivity contribution in [3.63, 3.8) is 0 Å². The SMILES string of the molecule is Cc1ccc(S(=O)(=O)N(CC(=O)N/N=C\c2ccc(C(=O)O)cc2)c2ccccc2Cl)cc1. The van der Waals surface area contributed by atoms with E-state index >= 15 is 0 Å². The van der Waals surface area contributed by atoms with E-state index in [1.54, 1.807) is 24.3 Å². The van der Waals surface area contributed by atoms with Crippen LogP contribution >= 0.6 is 11.6 Å². The Labute approximate surface area is 196 Å². The summed E-state index contributed by atoms with van der Waals surface area (Å²) in [4.78, 5) is 23.5. The number of halogens is 1. The molecule has 0 aromatic heterocycles. The second-order valence-corrected chi connectivity index (χ2v) is 9.27. The largest absolute Gasteiger partial charge is 0.478 e. The number of aryl methyl sites for hydroxylation is 1. The van der Waals surface area contributed by atoms with Gasteiger partial charge in [-0.3, -0.25) is 9.10 Å². The monoisotopic (exact) mass is 485 g/mol. The molecule has 8 nitrogen and oxygen atoms in total. The van der Waals surface area contributed by atoms with Gasteiger partial charge in [0.25, 0.3) is 15.9 Å². The van der Waals surface area contributed by atoms with Crippen LogP contribution in [0.5, 0.6) is 0 Å². The molecule has 0 radical (unpaired) electrons. The summed E-state index contributed by atoms with van der Waals surface area (Å²) in [5, 5.41) is 12.9. The van der Waals surface area contributed by atoms with E-state index in [1.807, 2.05) is 6.92 Å². The fraction of sp³-hybridized carbons (Fsp3) is 0.0870. The molecule has 0 saturated carbocycles. The number of sulfonamides is 1. The second kappa shape index (κ2) is 10.3. The van der Waals surface area contributed by atoms with Gasteiger partial charge in [-0.2, -0.15) is 5.10 Å². The smallest absolute Gasteiger partial charge is 0.335 e. The Morgan fingerprint density at radius 3 is 2.27 bits per heavy atom. The maximum Gasteiger partial charge on any atom is 0.335 e. The van der Waals surface area contributed by atoms with Gasteiger partial charge in [-0.1, -0.05) is 53.6 Å². The molecule has 3 aromatic rings. The first-order chi connectivity index (χ1) is 15.7. The summed E-state index contributed by atoms with van der Waals surface area (Å²) < 4.78 is 27.6. The first-order valence-corrected chi connectivity index (χ1v) is 11.5. The summed E-state index contributed by atoms with van der Waals surface area (Å²) in [6, 6.07) is 18.4. The maximum absolute atomic E-state index is 13.3. The van der Waals surface area contributed by atoms with Gasteiger partial charge in [0.1, 0.15) is 6.54 Å². The molecule has 170 valence electrons. The number of hydrogen-bond donors (Lipinski definition) is 2. The number of aromatic carboxylic acids is 1. The van der Waals surface area contributed by atoms with Crippen molar-refractivity contribution in [3.05, 3.63) is 94.5 Å². The van der Waals surface area contributed by atoms with E-state index in [9.17, 15) is 18.0 Å². The van der Waals surface area contributed by atoms with Gasteiger partial charge in [0.05, 0.1) is 27.4 Å². The van der Waals surface area contributed by atoms with Crippen LogP contribution in [0.2, 0.25) is 5.02 Å². The number of amides is 1. The van der Waals surface area contributed by atoms with Crippen LogP contribution in [0.25, 0.3) is 0 Å². The number of hydrazone groups is 1. The number of carbonyl (C=O) groups is 2. The van der Waals surface area contributed by atoms with Gasteiger partial charge >= 0.3 is 5.97 Å². The first kappa shape index (κ1) is 24.0. The third-order valence-electron chi connectivity index (χ3n) is 4.58. The van der Waals surface area contributed by atoms with Crippen LogP contribution in [0.15, 0.2) is 82.8 Å². The van der Waals surface area contributed by atoms with E-state index in [4.69, 9.17) is 16.7 Å². The second-order valence-electron chi connectivity index (χ2n) is 7.00. The molecule has 0 unspecified atom stereocenters. The van der Waals surface area contributed by atoms with Crippen molar-refractivity contribution < 1.29 is 23.1 Å². The van der Waals surface area contributed by atoms with E-state index in [0.29, 0.717) is 5.56 Å². The Balaban J connectivity index is 1.81.